The van der Waals surface area contributed by atoms with Crippen LogP contribution in [0.1, 0.15) is 27.6 Å². The second kappa shape index (κ2) is 10.2. The van der Waals surface area contributed by atoms with Gasteiger partial charge >= 0.3 is 0 Å². The number of carbonyl (C=O) groups is 2. The highest BCUT2D eigenvalue weighted by molar-refractivity contribution is 6.39. The molecule has 3 aromatic carbocycles. The molecule has 5 aromatic rings. The zero-order valence-electron chi connectivity index (χ0n) is 22.8. The Hall–Kier alpha value is -4.40. The van der Waals surface area contributed by atoms with Gasteiger partial charge in [0.2, 0.25) is 0 Å². The number of nitrogens with one attached hydrogen (secondary N) is 2. The number of phenolic OH excluding ortho intramolecular Hbond substituents is 1. The van der Waals surface area contributed by atoms with Crippen molar-refractivity contribution in [2.75, 3.05) is 20.8 Å². The van der Waals surface area contributed by atoms with E-state index in [0.29, 0.717) is 55.1 Å². The van der Waals surface area contributed by atoms with Crippen molar-refractivity contribution in [1.29, 1.82) is 0 Å². The minimum absolute atomic E-state index is 0.0733. The number of fused-ring (bicyclic) bond motifs is 10. The van der Waals surface area contributed by atoms with E-state index in [-0.39, 0.29) is 23.6 Å². The highest BCUT2D eigenvalue weighted by Gasteiger charge is 2.37. The second-order valence-corrected chi connectivity index (χ2v) is 10.3. The summed E-state index contributed by atoms with van der Waals surface area (Å²) in [6.07, 6.45) is -5.77. The summed E-state index contributed by atoms with van der Waals surface area (Å²) in [5.74, 6) is -0.407. The molecule has 42 heavy (non-hydrogen) atoms. The fourth-order valence-electron chi connectivity index (χ4n) is 5.82. The Bertz CT molecular complexity index is 1910. The maximum atomic E-state index is 13.3. The zero-order valence-corrected chi connectivity index (χ0v) is 22.8. The summed E-state index contributed by atoms with van der Waals surface area (Å²) in [5, 5.41) is 55.0. The van der Waals surface area contributed by atoms with E-state index in [1.807, 2.05) is 0 Å². The van der Waals surface area contributed by atoms with Crippen molar-refractivity contribution in [3.8, 4) is 17.2 Å². The molecule has 13 nitrogen and oxygen atoms in total. The Balaban J connectivity index is 1.69. The largest absolute Gasteiger partial charge is 0.508 e. The number of phenols is 1. The van der Waals surface area contributed by atoms with Gasteiger partial charge in [0.1, 0.15) is 30.8 Å². The van der Waals surface area contributed by atoms with E-state index in [4.69, 9.17) is 14.2 Å². The zero-order chi connectivity index (χ0) is 30.0. The van der Waals surface area contributed by atoms with Crippen LogP contribution in [0, 0.1) is 0 Å². The molecule has 0 saturated carbocycles. The van der Waals surface area contributed by atoms with E-state index < -0.39 is 42.8 Å². The van der Waals surface area contributed by atoms with Crippen molar-refractivity contribution < 1.29 is 49.3 Å². The van der Waals surface area contributed by atoms with Gasteiger partial charge in [-0.3, -0.25) is 14.9 Å². The maximum absolute atomic E-state index is 13.3. The van der Waals surface area contributed by atoms with Gasteiger partial charge in [-0.1, -0.05) is 0 Å². The predicted molar refractivity (Wildman–Crippen MR) is 151 cm³/mol. The number of rotatable bonds is 9. The lowest BCUT2D eigenvalue weighted by molar-refractivity contribution is -0.143. The van der Waals surface area contributed by atoms with Crippen molar-refractivity contribution in [3.05, 3.63) is 41.5 Å². The smallest absolute Gasteiger partial charge is 0.259 e. The average molecular weight is 580 g/mol. The molecule has 220 valence electrons. The standard InChI is InChI=1S/C29H29N3O10/c1-11(34)26(36)27(37)19(9-33)42-10-32-16-5-4-12(35)6-14(16)21-23-22(28(38)31-29(23)39)20-13-7-17(40-2)18(41-3)8-15(13)30-24(20)25(21)32/h4-8,11,19,26-27,30,33-37H,9-10H2,1-3H3,(H,31,38,39). The number of hydrogen-bond donors (Lipinski definition) is 7. The summed E-state index contributed by atoms with van der Waals surface area (Å²) >= 11 is 0. The van der Waals surface area contributed by atoms with Gasteiger partial charge in [-0.2, -0.15) is 0 Å². The molecule has 2 aromatic heterocycles. The van der Waals surface area contributed by atoms with Gasteiger partial charge in [0, 0.05) is 27.6 Å². The molecular weight excluding hydrogens is 550 g/mol. The van der Waals surface area contributed by atoms with Crippen LogP contribution < -0.4 is 14.8 Å². The van der Waals surface area contributed by atoms with E-state index in [1.165, 1.54) is 33.3 Å². The van der Waals surface area contributed by atoms with E-state index in [0.717, 1.165) is 0 Å². The maximum Gasteiger partial charge on any atom is 0.259 e. The molecule has 1 aliphatic rings. The fourth-order valence-corrected chi connectivity index (χ4v) is 5.82. The predicted octanol–water partition coefficient (Wildman–Crippen LogP) is 1.47. The van der Waals surface area contributed by atoms with Crippen LogP contribution in [0.25, 0.3) is 43.6 Å². The van der Waals surface area contributed by atoms with Crippen LogP contribution in [0.5, 0.6) is 17.2 Å². The van der Waals surface area contributed by atoms with Crippen molar-refractivity contribution >= 4 is 55.4 Å². The van der Waals surface area contributed by atoms with Crippen molar-refractivity contribution in [1.82, 2.24) is 14.9 Å². The Morgan fingerprint density at radius 3 is 2.21 bits per heavy atom. The number of methoxy groups -OCH3 is 2. The fraction of sp³-hybridized carbons (Fsp3) is 0.310. The van der Waals surface area contributed by atoms with Gasteiger partial charge < -0.3 is 49.3 Å². The summed E-state index contributed by atoms with van der Waals surface area (Å²) < 4.78 is 18.5. The third-order valence-electron chi connectivity index (χ3n) is 7.84. The SMILES string of the molecule is COc1cc2[nH]c3c(c4c(c5c6cc(O)ccc6n(COC(CO)C(O)C(O)C(C)O)c35)C(=O)NC4=O)c2cc1OC. The summed E-state index contributed by atoms with van der Waals surface area (Å²) in [6.45, 7) is 0.340. The molecule has 7 N–H and O–H groups in total. The van der Waals surface area contributed by atoms with Crippen LogP contribution in [0.4, 0.5) is 0 Å². The number of nitrogens with zero attached hydrogens (tertiary/aromatic N) is 1. The van der Waals surface area contributed by atoms with Gasteiger partial charge in [-0.15, -0.1) is 0 Å². The highest BCUT2D eigenvalue weighted by atomic mass is 16.5. The van der Waals surface area contributed by atoms with Gasteiger partial charge in [-0.25, -0.2) is 0 Å². The third kappa shape index (κ3) is 3.97. The number of benzene rings is 3. The summed E-state index contributed by atoms with van der Waals surface area (Å²) in [5.41, 5.74) is 2.31. The topological polar surface area (TPSA) is 196 Å². The monoisotopic (exact) mass is 579 g/mol. The minimum atomic E-state index is -1.62. The van der Waals surface area contributed by atoms with Crippen LogP contribution in [-0.2, 0) is 11.5 Å². The number of imide groups is 1. The lowest BCUT2D eigenvalue weighted by atomic mass is 9.96. The molecule has 0 radical (unpaired) electrons. The number of aromatic amines is 1. The van der Waals surface area contributed by atoms with Gasteiger partial charge in [0.05, 0.1) is 60.1 Å². The number of aromatic nitrogens is 2. The first-order valence-corrected chi connectivity index (χ1v) is 13.1. The highest BCUT2D eigenvalue weighted by Crippen LogP contribution is 2.46. The summed E-state index contributed by atoms with van der Waals surface area (Å²) in [7, 11) is 2.98. The van der Waals surface area contributed by atoms with Crippen LogP contribution >= 0.6 is 0 Å². The first-order valence-electron chi connectivity index (χ1n) is 13.1. The number of amides is 2. The molecule has 0 bridgehead atoms. The van der Waals surface area contributed by atoms with Crippen LogP contribution in [-0.4, -0.2) is 92.1 Å². The molecule has 13 heteroatoms. The van der Waals surface area contributed by atoms with E-state index >= 15 is 0 Å². The lowest BCUT2D eigenvalue weighted by Gasteiger charge is -2.27. The van der Waals surface area contributed by atoms with E-state index in [9.17, 15) is 35.1 Å². The number of carbonyl (C=O) groups excluding carboxylic acids is 2. The van der Waals surface area contributed by atoms with E-state index in [1.54, 1.807) is 22.8 Å². The minimum Gasteiger partial charge on any atom is -0.508 e. The van der Waals surface area contributed by atoms with Crippen LogP contribution in [0.2, 0.25) is 0 Å². The van der Waals surface area contributed by atoms with Gasteiger partial charge in [0.25, 0.3) is 11.8 Å². The molecule has 4 atom stereocenters. The van der Waals surface area contributed by atoms with Crippen molar-refractivity contribution in [3.63, 3.8) is 0 Å². The molecule has 0 fully saturated rings. The number of aromatic hydroxyl groups is 1. The Morgan fingerprint density at radius 1 is 0.905 bits per heavy atom. The van der Waals surface area contributed by atoms with Crippen LogP contribution in [0.3, 0.4) is 0 Å². The quantitative estimate of drug-likeness (QED) is 0.126. The number of hydrogen-bond acceptors (Lipinski definition) is 10. The first kappa shape index (κ1) is 27.8. The number of aliphatic hydroxyl groups is 4. The number of ether oxygens (including phenoxy) is 3. The molecule has 3 heterocycles. The number of H-pyrrole nitrogens is 1. The Morgan fingerprint density at radius 2 is 1.57 bits per heavy atom. The Labute approximate surface area is 237 Å². The normalized spacial score (nSPS) is 16.3. The molecule has 2 amide bonds. The van der Waals surface area contributed by atoms with Crippen molar-refractivity contribution in [2.24, 2.45) is 0 Å². The van der Waals surface area contributed by atoms with Crippen molar-refractivity contribution in [2.45, 2.75) is 38.1 Å². The molecule has 0 spiro atoms. The molecule has 0 aliphatic carbocycles. The third-order valence-corrected chi connectivity index (χ3v) is 7.84. The molecular formula is C29H29N3O10. The molecule has 4 unspecified atom stereocenters. The molecule has 6 rings (SSSR count). The Kier molecular flexibility index (Phi) is 6.71. The van der Waals surface area contributed by atoms with E-state index in [2.05, 4.69) is 10.3 Å². The first-order chi connectivity index (χ1) is 20.1. The summed E-state index contributed by atoms with van der Waals surface area (Å²) in [6, 6.07) is 7.97. The van der Waals surface area contributed by atoms with Crippen LogP contribution in [0.15, 0.2) is 30.3 Å². The number of aliphatic hydroxyl groups excluding tert-OH is 4. The molecule has 0 saturated heterocycles. The lowest BCUT2D eigenvalue weighted by Crippen LogP contribution is -2.46. The van der Waals surface area contributed by atoms with Gasteiger partial charge in [-0.05, 0) is 31.2 Å². The van der Waals surface area contributed by atoms with Gasteiger partial charge in [0.15, 0.2) is 11.5 Å². The second-order valence-electron chi connectivity index (χ2n) is 10.3. The average Bonchev–Trinajstić information content (AvgIpc) is 3.59. The summed E-state index contributed by atoms with van der Waals surface area (Å²) in [4.78, 5) is 29.9. The molecule has 1 aliphatic heterocycles.